The van der Waals surface area contributed by atoms with Gasteiger partial charge in [-0.1, -0.05) is 0 Å². The second-order valence-electron chi connectivity index (χ2n) is 4.51. The van der Waals surface area contributed by atoms with E-state index in [1.54, 1.807) is 12.1 Å². The lowest BCUT2D eigenvalue weighted by atomic mass is 10.1. The molecule has 0 bridgehead atoms. The van der Waals surface area contributed by atoms with Crippen LogP contribution in [0.1, 0.15) is 0 Å². The third kappa shape index (κ3) is 3.24. The van der Waals surface area contributed by atoms with Gasteiger partial charge in [0.15, 0.2) is 11.6 Å². The molecule has 0 radical (unpaired) electrons. The molecule has 0 atom stereocenters. The van der Waals surface area contributed by atoms with Gasteiger partial charge in [-0.2, -0.15) is 4.98 Å². The summed E-state index contributed by atoms with van der Waals surface area (Å²) in [4.78, 5) is 10.8. The average molecular weight is 337 g/mol. The van der Waals surface area contributed by atoms with Crippen molar-refractivity contribution in [3.63, 3.8) is 0 Å². The van der Waals surface area contributed by atoms with Gasteiger partial charge >= 0.3 is 0 Å². The monoisotopic (exact) mass is 336 g/mol. The van der Waals surface area contributed by atoms with Gasteiger partial charge < -0.3 is 5.32 Å². The predicted octanol–water partition coefficient (Wildman–Crippen LogP) is 4.35. The van der Waals surface area contributed by atoms with Crippen molar-refractivity contribution in [1.29, 1.82) is 0 Å². The molecule has 0 unspecified atom stereocenters. The SMILES string of the molecule is Fc1cnc(Cl)nc1Nc1c(F)cc(-c2ccncc2)cc1F. The Hall–Kier alpha value is -2.67. The van der Waals surface area contributed by atoms with Gasteiger partial charge in [-0.15, -0.1) is 0 Å². The molecule has 1 N–H and O–H groups in total. The number of hydrogen-bond acceptors (Lipinski definition) is 4. The molecule has 0 saturated carbocycles. The van der Waals surface area contributed by atoms with Gasteiger partial charge in [-0.05, 0) is 47.0 Å². The fourth-order valence-corrected chi connectivity index (χ4v) is 2.09. The first-order valence-corrected chi connectivity index (χ1v) is 6.77. The molecule has 0 spiro atoms. The highest BCUT2D eigenvalue weighted by Gasteiger charge is 2.15. The fraction of sp³-hybridized carbons (Fsp3) is 0. The van der Waals surface area contributed by atoms with Crippen LogP contribution in [-0.2, 0) is 0 Å². The fourth-order valence-electron chi connectivity index (χ4n) is 1.96. The van der Waals surface area contributed by atoms with Gasteiger partial charge in [0.05, 0.1) is 6.20 Å². The predicted molar refractivity (Wildman–Crippen MR) is 79.9 cm³/mol. The third-order valence-electron chi connectivity index (χ3n) is 3.01. The summed E-state index contributed by atoms with van der Waals surface area (Å²) in [7, 11) is 0. The van der Waals surface area contributed by atoms with Gasteiger partial charge in [-0.25, -0.2) is 18.2 Å². The molecular weight excluding hydrogens is 329 g/mol. The number of hydrogen-bond donors (Lipinski definition) is 1. The van der Waals surface area contributed by atoms with Crippen molar-refractivity contribution in [2.24, 2.45) is 0 Å². The van der Waals surface area contributed by atoms with Crippen LogP contribution in [-0.4, -0.2) is 15.0 Å². The molecule has 0 fully saturated rings. The molecule has 3 rings (SSSR count). The van der Waals surface area contributed by atoms with Crippen LogP contribution < -0.4 is 5.32 Å². The standard InChI is InChI=1S/C15H8ClF3N4/c16-15-21-7-12(19)14(23-15)22-13-10(17)5-9(6-11(13)18)8-1-3-20-4-2-8/h1-7H,(H,21,22,23). The van der Waals surface area contributed by atoms with Crippen LogP contribution in [0.25, 0.3) is 11.1 Å². The number of nitrogens with one attached hydrogen (secondary N) is 1. The van der Waals surface area contributed by atoms with Gasteiger partial charge in [0.25, 0.3) is 0 Å². The highest BCUT2D eigenvalue weighted by Crippen LogP contribution is 2.29. The molecule has 1 aromatic carbocycles. The molecule has 0 amide bonds. The van der Waals surface area contributed by atoms with E-state index in [1.807, 2.05) is 0 Å². The molecule has 0 saturated heterocycles. The van der Waals surface area contributed by atoms with Crippen molar-refractivity contribution in [2.75, 3.05) is 5.32 Å². The maximum absolute atomic E-state index is 14.2. The van der Waals surface area contributed by atoms with Gasteiger partial charge in [0.2, 0.25) is 5.28 Å². The van der Waals surface area contributed by atoms with Crippen molar-refractivity contribution in [2.45, 2.75) is 0 Å². The number of pyridine rings is 1. The highest BCUT2D eigenvalue weighted by atomic mass is 35.5. The molecule has 23 heavy (non-hydrogen) atoms. The summed E-state index contributed by atoms with van der Waals surface area (Å²) in [6.07, 6.45) is 3.82. The highest BCUT2D eigenvalue weighted by molar-refractivity contribution is 6.28. The van der Waals surface area contributed by atoms with Crippen molar-refractivity contribution < 1.29 is 13.2 Å². The van der Waals surface area contributed by atoms with E-state index in [-0.39, 0.29) is 5.28 Å². The lowest BCUT2D eigenvalue weighted by molar-refractivity contribution is 0.588. The molecule has 2 aromatic heterocycles. The molecule has 3 aromatic rings. The second-order valence-corrected chi connectivity index (χ2v) is 4.85. The summed E-state index contributed by atoms with van der Waals surface area (Å²) in [6, 6.07) is 5.49. The summed E-state index contributed by atoms with van der Waals surface area (Å²) in [5.74, 6) is -3.09. The number of anilines is 2. The number of aromatic nitrogens is 3. The van der Waals surface area contributed by atoms with Gasteiger partial charge in [-0.3, -0.25) is 4.98 Å². The van der Waals surface area contributed by atoms with Crippen LogP contribution in [0.5, 0.6) is 0 Å². The van der Waals surface area contributed by atoms with Crippen molar-refractivity contribution in [1.82, 2.24) is 15.0 Å². The van der Waals surface area contributed by atoms with E-state index in [0.29, 0.717) is 11.1 Å². The lowest BCUT2D eigenvalue weighted by Gasteiger charge is -2.11. The smallest absolute Gasteiger partial charge is 0.224 e. The van der Waals surface area contributed by atoms with E-state index < -0.39 is 29.0 Å². The number of halogens is 4. The molecule has 2 heterocycles. The molecule has 116 valence electrons. The number of rotatable bonds is 3. The third-order valence-corrected chi connectivity index (χ3v) is 3.20. The topological polar surface area (TPSA) is 50.7 Å². The quantitative estimate of drug-likeness (QED) is 0.722. The first-order chi connectivity index (χ1) is 11.0. The Labute approximate surface area is 134 Å². The summed E-state index contributed by atoms with van der Waals surface area (Å²) in [5, 5.41) is 2.01. The first kappa shape index (κ1) is 15.2. The van der Waals surface area contributed by atoms with Crippen LogP contribution in [0.4, 0.5) is 24.7 Å². The Morgan fingerprint density at radius 3 is 2.22 bits per heavy atom. The van der Waals surface area contributed by atoms with E-state index >= 15 is 0 Å². The van der Waals surface area contributed by atoms with Crippen molar-refractivity contribution in [3.05, 3.63) is 65.6 Å². The van der Waals surface area contributed by atoms with Gasteiger partial charge in [0.1, 0.15) is 17.3 Å². The maximum Gasteiger partial charge on any atom is 0.224 e. The Kier molecular flexibility index (Phi) is 4.12. The Morgan fingerprint density at radius 1 is 0.913 bits per heavy atom. The summed E-state index contributed by atoms with van der Waals surface area (Å²) in [6.45, 7) is 0. The van der Waals surface area contributed by atoms with Crippen molar-refractivity contribution >= 4 is 23.1 Å². The zero-order valence-corrected chi connectivity index (χ0v) is 12.2. The van der Waals surface area contributed by atoms with E-state index in [9.17, 15) is 13.2 Å². The minimum Gasteiger partial charge on any atom is -0.333 e. The van der Waals surface area contributed by atoms with E-state index in [1.165, 1.54) is 12.4 Å². The normalized spacial score (nSPS) is 10.6. The number of benzene rings is 1. The van der Waals surface area contributed by atoms with Gasteiger partial charge in [0, 0.05) is 12.4 Å². The molecule has 0 aliphatic heterocycles. The van der Waals surface area contributed by atoms with Crippen LogP contribution in [0.2, 0.25) is 5.28 Å². The van der Waals surface area contributed by atoms with Crippen LogP contribution in [0.3, 0.4) is 0 Å². The minimum atomic E-state index is -0.897. The molecule has 8 heteroatoms. The summed E-state index contributed by atoms with van der Waals surface area (Å²) in [5.41, 5.74) is 0.395. The van der Waals surface area contributed by atoms with E-state index in [2.05, 4.69) is 20.3 Å². The van der Waals surface area contributed by atoms with Crippen LogP contribution in [0.15, 0.2) is 42.9 Å². The average Bonchev–Trinajstić information content (AvgIpc) is 2.54. The Balaban J connectivity index is 2.00. The zero-order valence-electron chi connectivity index (χ0n) is 11.4. The maximum atomic E-state index is 14.2. The Bertz CT molecular complexity index is 836. The zero-order chi connectivity index (χ0) is 16.4. The summed E-state index contributed by atoms with van der Waals surface area (Å²) >= 11 is 5.55. The minimum absolute atomic E-state index is 0.247. The van der Waals surface area contributed by atoms with Crippen LogP contribution >= 0.6 is 11.6 Å². The van der Waals surface area contributed by atoms with E-state index in [0.717, 1.165) is 18.3 Å². The molecule has 0 aliphatic carbocycles. The first-order valence-electron chi connectivity index (χ1n) is 6.39. The largest absolute Gasteiger partial charge is 0.333 e. The van der Waals surface area contributed by atoms with Crippen molar-refractivity contribution in [3.8, 4) is 11.1 Å². The Morgan fingerprint density at radius 2 is 1.57 bits per heavy atom. The molecule has 0 aliphatic rings. The molecule has 4 nitrogen and oxygen atoms in total. The van der Waals surface area contributed by atoms with Crippen LogP contribution in [0, 0.1) is 17.5 Å². The van der Waals surface area contributed by atoms with E-state index in [4.69, 9.17) is 11.6 Å². The number of nitrogens with zero attached hydrogens (tertiary/aromatic N) is 3. The second kappa shape index (κ2) is 6.21. The summed E-state index contributed by atoms with van der Waals surface area (Å²) < 4.78 is 42.0. The lowest BCUT2D eigenvalue weighted by Crippen LogP contribution is -2.03. The molecular formula is C15H8ClF3N4.